The zero-order valence-corrected chi connectivity index (χ0v) is 23.1. The Kier molecular flexibility index (Phi) is 9.00. The average molecular weight is 490 g/mol. The molecule has 2 atom stereocenters. The smallest absolute Gasteiger partial charge is 0.209 e. The van der Waals surface area contributed by atoms with Crippen LogP contribution < -0.4 is 9.46 Å². The van der Waals surface area contributed by atoms with Crippen LogP contribution in [0, 0.1) is 19.3 Å². The predicted molar refractivity (Wildman–Crippen MR) is 141 cm³/mol. The molecule has 0 aliphatic carbocycles. The predicted octanol–water partition coefficient (Wildman–Crippen LogP) is 5.63. The molecule has 2 rings (SSSR count). The highest BCUT2D eigenvalue weighted by molar-refractivity contribution is 7.88. The fraction of sp³-hybridized carbons (Fsp3) is 0.571. The number of aliphatic hydroxyl groups is 1. The number of ether oxygens (including phenoxy) is 1. The van der Waals surface area contributed by atoms with E-state index in [9.17, 15) is 13.5 Å². The second kappa shape index (κ2) is 10.8. The summed E-state index contributed by atoms with van der Waals surface area (Å²) in [4.78, 5) is 0. The van der Waals surface area contributed by atoms with Gasteiger partial charge in [-0.3, -0.25) is 0 Å². The van der Waals surface area contributed by atoms with Crippen LogP contribution in [0.4, 0.5) is 0 Å². The molecule has 2 unspecified atom stereocenters. The van der Waals surface area contributed by atoms with Crippen LogP contribution in [0.2, 0.25) is 0 Å². The van der Waals surface area contributed by atoms with E-state index in [1.807, 2.05) is 46.8 Å². The number of nitrogens with one attached hydrogen (secondary N) is 1. The third-order valence-electron chi connectivity index (χ3n) is 7.00. The van der Waals surface area contributed by atoms with Crippen molar-refractivity contribution in [3.8, 4) is 5.75 Å². The Morgan fingerprint density at radius 1 is 0.971 bits per heavy atom. The standard InChI is InChI=1S/C28H43NO4S/c1-10-28(11-2,23-13-12-22(19(3)16-23)18-29-34(9,31)32)24-14-15-25(20(4)17-24)33-21(5)26(30)27(6,7)8/h12-17,21,26,29-30H,10-11,18H2,1-9H3. The summed E-state index contributed by atoms with van der Waals surface area (Å²) >= 11 is 0. The van der Waals surface area contributed by atoms with E-state index < -0.39 is 16.1 Å². The van der Waals surface area contributed by atoms with Crippen molar-refractivity contribution in [2.75, 3.05) is 6.26 Å². The van der Waals surface area contributed by atoms with E-state index in [0.717, 1.165) is 35.3 Å². The van der Waals surface area contributed by atoms with Gasteiger partial charge in [0.1, 0.15) is 11.9 Å². The summed E-state index contributed by atoms with van der Waals surface area (Å²) in [5.74, 6) is 0.791. The molecule has 0 fully saturated rings. The van der Waals surface area contributed by atoms with E-state index in [1.54, 1.807) is 0 Å². The fourth-order valence-electron chi connectivity index (χ4n) is 4.68. The fourth-order valence-corrected chi connectivity index (χ4v) is 5.10. The van der Waals surface area contributed by atoms with E-state index in [4.69, 9.17) is 4.74 Å². The molecule has 190 valence electrons. The van der Waals surface area contributed by atoms with Crippen molar-refractivity contribution in [2.24, 2.45) is 5.41 Å². The minimum Gasteiger partial charge on any atom is -0.488 e. The molecule has 0 radical (unpaired) electrons. The van der Waals surface area contributed by atoms with Crippen molar-refractivity contribution in [1.29, 1.82) is 0 Å². The molecule has 0 aromatic heterocycles. The van der Waals surface area contributed by atoms with Gasteiger partial charge in [-0.1, -0.05) is 65.0 Å². The second-order valence-corrected chi connectivity index (χ2v) is 12.5. The third kappa shape index (κ3) is 6.61. The Morgan fingerprint density at radius 2 is 1.50 bits per heavy atom. The first-order valence-corrected chi connectivity index (χ1v) is 14.0. The van der Waals surface area contributed by atoms with Gasteiger partial charge < -0.3 is 9.84 Å². The quantitative estimate of drug-likeness (QED) is 0.453. The molecular formula is C28H43NO4S. The summed E-state index contributed by atoms with van der Waals surface area (Å²) in [6.45, 7) is 16.7. The Hall–Kier alpha value is -1.89. The Balaban J connectivity index is 2.39. The van der Waals surface area contributed by atoms with Crippen LogP contribution in [0.15, 0.2) is 36.4 Å². The molecule has 0 aliphatic rings. The monoisotopic (exact) mass is 489 g/mol. The first-order valence-electron chi connectivity index (χ1n) is 12.1. The number of rotatable bonds is 10. The van der Waals surface area contributed by atoms with Crippen LogP contribution in [0.25, 0.3) is 0 Å². The molecule has 0 heterocycles. The van der Waals surface area contributed by atoms with Crippen LogP contribution in [0.1, 0.15) is 82.2 Å². The molecule has 0 saturated heterocycles. The summed E-state index contributed by atoms with van der Waals surface area (Å²) < 4.78 is 31.7. The lowest BCUT2D eigenvalue weighted by molar-refractivity contribution is -0.0234. The summed E-state index contributed by atoms with van der Waals surface area (Å²) in [5, 5.41) is 10.6. The highest BCUT2D eigenvalue weighted by Gasteiger charge is 2.32. The summed E-state index contributed by atoms with van der Waals surface area (Å²) in [5.41, 5.74) is 5.13. The maximum absolute atomic E-state index is 11.5. The minimum absolute atomic E-state index is 0.159. The van der Waals surface area contributed by atoms with Gasteiger partial charge in [0.05, 0.1) is 12.4 Å². The second-order valence-electron chi connectivity index (χ2n) is 10.6. The number of aliphatic hydroxyl groups excluding tert-OH is 1. The maximum Gasteiger partial charge on any atom is 0.209 e. The SMILES string of the molecule is CCC(CC)(c1ccc(CNS(C)(=O)=O)c(C)c1)c1ccc(OC(C)C(O)C(C)(C)C)c(C)c1. The van der Waals surface area contributed by atoms with Crippen molar-refractivity contribution in [3.63, 3.8) is 0 Å². The normalized spacial score (nSPS) is 14.6. The molecule has 0 amide bonds. The van der Waals surface area contributed by atoms with Gasteiger partial charge in [-0.2, -0.15) is 0 Å². The van der Waals surface area contributed by atoms with E-state index in [0.29, 0.717) is 6.54 Å². The number of aryl methyl sites for hydroxylation is 2. The van der Waals surface area contributed by atoms with Crippen molar-refractivity contribution < 1.29 is 18.3 Å². The Morgan fingerprint density at radius 3 is 1.94 bits per heavy atom. The molecule has 0 aliphatic heterocycles. The maximum atomic E-state index is 11.5. The molecule has 0 saturated carbocycles. The zero-order valence-electron chi connectivity index (χ0n) is 22.3. The lowest BCUT2D eigenvalue weighted by atomic mass is 9.70. The molecule has 6 heteroatoms. The molecule has 2 N–H and O–H groups in total. The Bertz CT molecular complexity index is 1080. The highest BCUT2D eigenvalue weighted by atomic mass is 32.2. The van der Waals surface area contributed by atoms with E-state index >= 15 is 0 Å². The van der Waals surface area contributed by atoms with Crippen LogP contribution in [0.5, 0.6) is 5.75 Å². The van der Waals surface area contributed by atoms with Crippen LogP contribution >= 0.6 is 0 Å². The summed E-state index contributed by atoms with van der Waals surface area (Å²) in [7, 11) is -3.24. The molecule has 5 nitrogen and oxygen atoms in total. The van der Waals surface area contributed by atoms with Crippen molar-refractivity contribution in [3.05, 3.63) is 64.2 Å². The van der Waals surface area contributed by atoms with Gasteiger partial charge in [-0.25, -0.2) is 13.1 Å². The van der Waals surface area contributed by atoms with E-state index in [1.165, 1.54) is 17.4 Å². The summed E-state index contributed by atoms with van der Waals surface area (Å²) in [6, 6.07) is 12.7. The molecular weight excluding hydrogens is 446 g/mol. The van der Waals surface area contributed by atoms with Gasteiger partial charge in [-0.15, -0.1) is 0 Å². The molecule has 34 heavy (non-hydrogen) atoms. The summed E-state index contributed by atoms with van der Waals surface area (Å²) in [6.07, 6.45) is 2.15. The van der Waals surface area contributed by atoms with Gasteiger partial charge in [-0.05, 0) is 72.9 Å². The van der Waals surface area contributed by atoms with Gasteiger partial charge in [0, 0.05) is 12.0 Å². The number of hydrogen-bond donors (Lipinski definition) is 2. The van der Waals surface area contributed by atoms with Crippen molar-refractivity contribution in [2.45, 2.75) is 92.4 Å². The first kappa shape index (κ1) is 28.3. The van der Waals surface area contributed by atoms with Gasteiger partial charge in [0.15, 0.2) is 0 Å². The largest absolute Gasteiger partial charge is 0.488 e. The van der Waals surface area contributed by atoms with Crippen LogP contribution in [-0.4, -0.2) is 32.0 Å². The van der Waals surface area contributed by atoms with Gasteiger partial charge in [0.25, 0.3) is 0 Å². The van der Waals surface area contributed by atoms with Gasteiger partial charge >= 0.3 is 0 Å². The van der Waals surface area contributed by atoms with E-state index in [-0.39, 0.29) is 16.9 Å². The number of benzene rings is 2. The average Bonchev–Trinajstić information content (AvgIpc) is 2.74. The van der Waals surface area contributed by atoms with E-state index in [2.05, 4.69) is 49.8 Å². The Labute approximate surface area is 207 Å². The molecule has 2 aromatic carbocycles. The van der Waals surface area contributed by atoms with Crippen LogP contribution in [0.3, 0.4) is 0 Å². The molecule has 0 bridgehead atoms. The lowest BCUT2D eigenvalue weighted by Crippen LogP contribution is -2.39. The topological polar surface area (TPSA) is 75.6 Å². The highest BCUT2D eigenvalue weighted by Crippen LogP contribution is 2.41. The van der Waals surface area contributed by atoms with Crippen LogP contribution in [-0.2, 0) is 22.0 Å². The zero-order chi connectivity index (χ0) is 25.9. The molecule has 2 aromatic rings. The minimum atomic E-state index is -3.24. The third-order valence-corrected chi connectivity index (χ3v) is 7.67. The number of hydrogen-bond acceptors (Lipinski definition) is 4. The first-order chi connectivity index (χ1) is 15.6. The van der Waals surface area contributed by atoms with Gasteiger partial charge in [0.2, 0.25) is 10.0 Å². The van der Waals surface area contributed by atoms with Crippen molar-refractivity contribution in [1.82, 2.24) is 4.72 Å². The molecule has 0 spiro atoms. The number of sulfonamides is 1. The van der Waals surface area contributed by atoms with Crippen molar-refractivity contribution >= 4 is 10.0 Å². The lowest BCUT2D eigenvalue weighted by Gasteiger charge is -2.35.